The van der Waals surface area contributed by atoms with Gasteiger partial charge in [-0.05, 0) is 23.9 Å². The summed E-state index contributed by atoms with van der Waals surface area (Å²) in [5.74, 6) is -0.0888. The molecule has 1 N–H and O–H groups in total. The molecule has 1 amide bonds. The summed E-state index contributed by atoms with van der Waals surface area (Å²) in [6.07, 6.45) is 1.37. The van der Waals surface area contributed by atoms with Crippen molar-refractivity contribution in [1.82, 2.24) is 20.1 Å². The molecule has 0 saturated heterocycles. The molecular formula is C11H11N5OS. The van der Waals surface area contributed by atoms with Gasteiger partial charge in [0, 0.05) is 4.88 Å². The molecule has 0 fully saturated rings. The number of hydrogen-bond donors (Lipinski definition) is 1. The van der Waals surface area contributed by atoms with Gasteiger partial charge in [-0.2, -0.15) is 5.26 Å². The predicted octanol–water partition coefficient (Wildman–Crippen LogP) is 0.836. The van der Waals surface area contributed by atoms with Crippen molar-refractivity contribution in [3.8, 4) is 6.07 Å². The Kier molecular flexibility index (Phi) is 3.69. The summed E-state index contributed by atoms with van der Waals surface area (Å²) in [6, 6.07) is 3.83. The van der Waals surface area contributed by atoms with Gasteiger partial charge in [0.2, 0.25) is 5.91 Å². The van der Waals surface area contributed by atoms with E-state index in [2.05, 4.69) is 15.4 Å². The van der Waals surface area contributed by atoms with E-state index in [-0.39, 0.29) is 18.3 Å². The lowest BCUT2D eigenvalue weighted by atomic mass is 10.3. The number of aromatic nitrogens is 3. The van der Waals surface area contributed by atoms with Crippen molar-refractivity contribution in [1.29, 1.82) is 5.26 Å². The van der Waals surface area contributed by atoms with Gasteiger partial charge < -0.3 is 5.32 Å². The highest BCUT2D eigenvalue weighted by Crippen LogP contribution is 2.14. The molecule has 0 unspecified atom stereocenters. The minimum Gasteiger partial charge on any atom is -0.350 e. The van der Waals surface area contributed by atoms with Crippen molar-refractivity contribution in [3.63, 3.8) is 0 Å². The minimum absolute atomic E-state index is 0.0666. The minimum atomic E-state index is -0.155. The molecule has 0 aliphatic carbocycles. The Balaban J connectivity index is 1.86. The van der Waals surface area contributed by atoms with Crippen LogP contribution in [0.2, 0.25) is 0 Å². The molecule has 2 rings (SSSR count). The predicted molar refractivity (Wildman–Crippen MR) is 65.6 cm³/mol. The Hall–Kier alpha value is -2.20. The second-order valence-electron chi connectivity index (χ2n) is 3.68. The summed E-state index contributed by atoms with van der Waals surface area (Å²) in [6.45, 7) is 2.59. The van der Waals surface area contributed by atoms with Crippen LogP contribution in [0.15, 0.2) is 17.8 Å². The molecule has 2 aromatic rings. The highest BCUT2D eigenvalue weighted by molar-refractivity contribution is 7.10. The number of thiophene rings is 1. The van der Waals surface area contributed by atoms with Gasteiger partial charge in [0.05, 0.1) is 6.54 Å². The van der Waals surface area contributed by atoms with E-state index in [1.54, 1.807) is 11.3 Å². The van der Waals surface area contributed by atoms with E-state index in [1.807, 2.05) is 24.4 Å². The van der Waals surface area contributed by atoms with Gasteiger partial charge in [0.15, 0.2) is 0 Å². The molecule has 0 atom stereocenters. The number of amides is 1. The number of nitrogens with one attached hydrogen (secondary N) is 1. The van der Waals surface area contributed by atoms with Gasteiger partial charge in [-0.25, -0.2) is 9.67 Å². The maximum Gasteiger partial charge on any atom is 0.252 e. The van der Waals surface area contributed by atoms with Crippen LogP contribution in [0, 0.1) is 18.3 Å². The molecule has 0 radical (unpaired) electrons. The van der Waals surface area contributed by atoms with Crippen LogP contribution in [0.5, 0.6) is 0 Å². The Labute approximate surface area is 108 Å². The highest BCUT2D eigenvalue weighted by Gasteiger charge is 2.06. The summed E-state index contributed by atoms with van der Waals surface area (Å²) in [5, 5.41) is 17.2. The number of hydrogen-bond acceptors (Lipinski definition) is 5. The average molecular weight is 261 g/mol. The third-order valence-corrected chi connectivity index (χ3v) is 3.38. The number of carbonyl (C=O) groups excluding carboxylic acids is 1. The third kappa shape index (κ3) is 2.93. The molecule has 2 aromatic heterocycles. The van der Waals surface area contributed by atoms with Crippen molar-refractivity contribution >= 4 is 17.2 Å². The van der Waals surface area contributed by atoms with Crippen molar-refractivity contribution < 1.29 is 4.79 Å². The number of nitrogens with zero attached hydrogens (tertiary/aromatic N) is 4. The number of nitriles is 1. The first kappa shape index (κ1) is 12.3. The fourth-order valence-corrected chi connectivity index (χ4v) is 2.24. The van der Waals surface area contributed by atoms with Gasteiger partial charge in [0.25, 0.3) is 5.82 Å². The van der Waals surface area contributed by atoms with E-state index >= 15 is 0 Å². The van der Waals surface area contributed by atoms with Crippen molar-refractivity contribution in [2.45, 2.75) is 20.0 Å². The maximum atomic E-state index is 11.6. The van der Waals surface area contributed by atoms with E-state index in [1.165, 1.54) is 16.6 Å². The van der Waals surface area contributed by atoms with Crippen LogP contribution in [0.1, 0.15) is 16.3 Å². The first-order valence-corrected chi connectivity index (χ1v) is 6.16. The Bertz CT molecular complexity index is 595. The van der Waals surface area contributed by atoms with Crippen LogP contribution in [0.3, 0.4) is 0 Å². The molecular weight excluding hydrogens is 250 g/mol. The molecule has 92 valence electrons. The summed E-state index contributed by atoms with van der Waals surface area (Å²) >= 11 is 1.61. The molecule has 0 spiro atoms. The summed E-state index contributed by atoms with van der Waals surface area (Å²) in [7, 11) is 0. The molecule has 0 saturated carbocycles. The van der Waals surface area contributed by atoms with Crippen LogP contribution >= 0.6 is 11.3 Å². The monoisotopic (exact) mass is 261 g/mol. The second kappa shape index (κ2) is 5.42. The Morgan fingerprint density at radius 1 is 1.67 bits per heavy atom. The van der Waals surface area contributed by atoms with E-state index in [9.17, 15) is 4.79 Å². The molecule has 2 heterocycles. The molecule has 18 heavy (non-hydrogen) atoms. The van der Waals surface area contributed by atoms with Gasteiger partial charge >= 0.3 is 0 Å². The molecule has 6 nitrogen and oxygen atoms in total. The average Bonchev–Trinajstić information content (AvgIpc) is 2.96. The molecule has 0 aliphatic rings. The maximum absolute atomic E-state index is 11.6. The zero-order valence-corrected chi connectivity index (χ0v) is 10.6. The lowest BCUT2D eigenvalue weighted by molar-refractivity contribution is -0.122. The van der Waals surface area contributed by atoms with Crippen LogP contribution in [-0.2, 0) is 17.9 Å². The lowest BCUT2D eigenvalue weighted by Crippen LogP contribution is -2.27. The number of aryl methyl sites for hydroxylation is 1. The zero-order chi connectivity index (χ0) is 13.0. The molecule has 0 bridgehead atoms. The fourth-order valence-electron chi connectivity index (χ4n) is 1.39. The third-order valence-electron chi connectivity index (χ3n) is 2.36. The summed E-state index contributed by atoms with van der Waals surface area (Å²) < 4.78 is 1.34. The van der Waals surface area contributed by atoms with Gasteiger partial charge in [-0.15, -0.1) is 16.4 Å². The number of carbonyl (C=O) groups is 1. The van der Waals surface area contributed by atoms with Crippen molar-refractivity contribution in [2.24, 2.45) is 0 Å². The van der Waals surface area contributed by atoms with Gasteiger partial charge in [0.1, 0.15) is 18.9 Å². The molecule has 7 heteroatoms. The second-order valence-corrected chi connectivity index (χ2v) is 4.68. The lowest BCUT2D eigenvalue weighted by Gasteiger charge is -2.04. The molecule has 0 aromatic carbocycles. The topological polar surface area (TPSA) is 83.6 Å². The van der Waals surface area contributed by atoms with Gasteiger partial charge in [-0.1, -0.05) is 0 Å². The normalized spacial score (nSPS) is 10.0. The summed E-state index contributed by atoms with van der Waals surface area (Å²) in [4.78, 5) is 16.5. The van der Waals surface area contributed by atoms with E-state index < -0.39 is 0 Å². The van der Waals surface area contributed by atoms with E-state index in [0.717, 1.165) is 4.88 Å². The SMILES string of the molecule is Cc1ccsc1CNC(=O)Cn1cnc(C#N)n1. The standard InChI is InChI=1S/C11H11N5OS/c1-8-2-3-18-9(8)5-13-11(17)6-16-7-14-10(4-12)15-16/h2-3,7H,5-6H2,1H3,(H,13,17). The van der Waals surface area contributed by atoms with Crippen molar-refractivity contribution in [2.75, 3.05) is 0 Å². The first-order chi connectivity index (χ1) is 8.69. The van der Waals surface area contributed by atoms with Crippen LogP contribution in [-0.4, -0.2) is 20.7 Å². The Morgan fingerprint density at radius 3 is 3.11 bits per heavy atom. The van der Waals surface area contributed by atoms with Crippen LogP contribution < -0.4 is 5.32 Å². The zero-order valence-electron chi connectivity index (χ0n) is 9.75. The highest BCUT2D eigenvalue weighted by atomic mass is 32.1. The van der Waals surface area contributed by atoms with Crippen LogP contribution in [0.4, 0.5) is 0 Å². The van der Waals surface area contributed by atoms with E-state index in [4.69, 9.17) is 5.26 Å². The number of rotatable bonds is 4. The van der Waals surface area contributed by atoms with Gasteiger partial charge in [-0.3, -0.25) is 4.79 Å². The molecule has 0 aliphatic heterocycles. The van der Waals surface area contributed by atoms with Crippen LogP contribution in [0.25, 0.3) is 0 Å². The Morgan fingerprint density at radius 2 is 2.50 bits per heavy atom. The largest absolute Gasteiger partial charge is 0.350 e. The first-order valence-electron chi connectivity index (χ1n) is 5.28. The quantitative estimate of drug-likeness (QED) is 0.883. The fraction of sp³-hybridized carbons (Fsp3) is 0.273. The summed E-state index contributed by atoms with van der Waals surface area (Å²) in [5.41, 5.74) is 1.17. The smallest absolute Gasteiger partial charge is 0.252 e. The van der Waals surface area contributed by atoms with E-state index in [0.29, 0.717) is 6.54 Å². The van der Waals surface area contributed by atoms with Crippen molar-refractivity contribution in [3.05, 3.63) is 34.0 Å².